The maximum Gasteiger partial charge on any atom is 0.310 e. The number of hydrogen-bond donors (Lipinski definition) is 0. The van der Waals surface area contributed by atoms with Crippen molar-refractivity contribution in [1.29, 1.82) is 0 Å². The fraction of sp³-hybridized carbons (Fsp3) is 0.462. The van der Waals surface area contributed by atoms with Crippen LogP contribution in [0.5, 0.6) is 0 Å². The summed E-state index contributed by atoms with van der Waals surface area (Å²) in [5, 5.41) is 10.8. The van der Waals surface area contributed by atoms with Crippen LogP contribution >= 0.6 is 11.6 Å². The Labute approximate surface area is 125 Å². The Morgan fingerprint density at radius 3 is 2.76 bits per heavy atom. The van der Waals surface area contributed by atoms with Gasteiger partial charge < -0.3 is 9.64 Å². The van der Waals surface area contributed by atoms with Gasteiger partial charge in [-0.25, -0.2) is 4.39 Å². The summed E-state index contributed by atoms with van der Waals surface area (Å²) in [6.45, 7) is 2.50. The highest BCUT2D eigenvalue weighted by atomic mass is 35.5. The molecule has 0 bridgehead atoms. The minimum atomic E-state index is -0.730. The molecule has 0 spiro atoms. The monoisotopic (exact) mass is 316 g/mol. The number of carbonyl (C=O) groups is 1. The molecule has 1 heterocycles. The zero-order valence-corrected chi connectivity index (χ0v) is 12.3. The lowest BCUT2D eigenvalue weighted by atomic mass is 9.99. The lowest BCUT2D eigenvalue weighted by Gasteiger charge is -2.18. The second-order valence-electron chi connectivity index (χ2n) is 5.02. The molecular formula is C13H14ClFN2O4. The summed E-state index contributed by atoms with van der Waals surface area (Å²) in [6.07, 6.45) is 0. The summed E-state index contributed by atoms with van der Waals surface area (Å²) in [5.74, 6) is -1.54. The standard InChI is InChI=1S/C13H14ClFN2O4/c1-7-5-16(6-8(7)13(18)21-2)11-4-10(15)9(14)3-12(11)17(19)20/h3-4,7-8H,5-6H2,1-2H3. The lowest BCUT2D eigenvalue weighted by Crippen LogP contribution is -2.24. The molecule has 1 fully saturated rings. The molecule has 1 aromatic rings. The van der Waals surface area contributed by atoms with E-state index in [1.807, 2.05) is 6.92 Å². The first-order chi connectivity index (χ1) is 9.85. The first-order valence-corrected chi connectivity index (χ1v) is 6.69. The number of nitrogens with zero attached hydrogens (tertiary/aromatic N) is 2. The largest absolute Gasteiger partial charge is 0.469 e. The average molecular weight is 317 g/mol. The molecule has 8 heteroatoms. The van der Waals surface area contributed by atoms with E-state index in [1.165, 1.54) is 7.11 Å². The third-order valence-electron chi connectivity index (χ3n) is 3.67. The minimum absolute atomic E-state index is 0.0456. The number of rotatable bonds is 3. The van der Waals surface area contributed by atoms with Crippen molar-refractivity contribution < 1.29 is 18.8 Å². The number of carbonyl (C=O) groups excluding carboxylic acids is 1. The van der Waals surface area contributed by atoms with Crippen LogP contribution in [0.2, 0.25) is 5.02 Å². The Bertz CT molecular complexity index is 596. The van der Waals surface area contributed by atoms with Gasteiger partial charge in [-0.3, -0.25) is 14.9 Å². The summed E-state index contributed by atoms with van der Waals surface area (Å²) >= 11 is 5.59. The molecule has 21 heavy (non-hydrogen) atoms. The molecule has 0 saturated carbocycles. The van der Waals surface area contributed by atoms with E-state index in [0.29, 0.717) is 6.54 Å². The number of ether oxygens (including phenoxy) is 1. The Hall–Kier alpha value is -1.89. The van der Waals surface area contributed by atoms with Gasteiger partial charge in [-0.05, 0) is 5.92 Å². The van der Waals surface area contributed by atoms with Gasteiger partial charge >= 0.3 is 5.97 Å². The smallest absolute Gasteiger partial charge is 0.310 e. The highest BCUT2D eigenvalue weighted by Gasteiger charge is 2.38. The molecule has 6 nitrogen and oxygen atoms in total. The van der Waals surface area contributed by atoms with E-state index in [9.17, 15) is 19.3 Å². The quantitative estimate of drug-likeness (QED) is 0.487. The number of anilines is 1. The zero-order valence-electron chi connectivity index (χ0n) is 11.5. The molecule has 1 aliphatic rings. The second kappa shape index (κ2) is 5.85. The molecular weight excluding hydrogens is 303 g/mol. The summed E-state index contributed by atoms with van der Waals surface area (Å²) < 4.78 is 18.3. The summed E-state index contributed by atoms with van der Waals surface area (Å²) in [6, 6.07) is 2.02. The first kappa shape index (κ1) is 15.5. The average Bonchev–Trinajstić information content (AvgIpc) is 2.82. The van der Waals surface area contributed by atoms with E-state index in [1.54, 1.807) is 4.90 Å². The lowest BCUT2D eigenvalue weighted by molar-refractivity contribution is -0.384. The van der Waals surface area contributed by atoms with Crippen LogP contribution in [0.15, 0.2) is 12.1 Å². The van der Waals surface area contributed by atoms with Gasteiger partial charge in [0, 0.05) is 25.2 Å². The summed E-state index contributed by atoms with van der Waals surface area (Å²) in [5.41, 5.74) is -0.153. The number of nitro benzene ring substituents is 1. The van der Waals surface area contributed by atoms with Crippen molar-refractivity contribution >= 4 is 28.9 Å². The van der Waals surface area contributed by atoms with Crippen molar-refractivity contribution in [2.45, 2.75) is 6.92 Å². The molecule has 0 amide bonds. The van der Waals surface area contributed by atoms with Gasteiger partial charge in [0.05, 0.1) is 23.0 Å². The first-order valence-electron chi connectivity index (χ1n) is 6.31. The van der Waals surface area contributed by atoms with E-state index >= 15 is 0 Å². The number of hydrogen-bond acceptors (Lipinski definition) is 5. The number of halogens is 2. The van der Waals surface area contributed by atoms with Crippen LogP contribution in [0.25, 0.3) is 0 Å². The highest BCUT2D eigenvalue weighted by Crippen LogP contribution is 2.37. The van der Waals surface area contributed by atoms with Crippen molar-refractivity contribution in [3.8, 4) is 0 Å². The van der Waals surface area contributed by atoms with E-state index in [-0.39, 0.29) is 34.8 Å². The third-order valence-corrected chi connectivity index (χ3v) is 3.96. The highest BCUT2D eigenvalue weighted by molar-refractivity contribution is 6.31. The van der Waals surface area contributed by atoms with Gasteiger partial charge in [0.1, 0.15) is 11.5 Å². The molecule has 0 aliphatic carbocycles. The van der Waals surface area contributed by atoms with Gasteiger partial charge in [-0.1, -0.05) is 18.5 Å². The molecule has 1 aliphatic heterocycles. The van der Waals surface area contributed by atoms with Crippen molar-refractivity contribution in [3.05, 3.63) is 33.1 Å². The van der Waals surface area contributed by atoms with Crippen LogP contribution in [-0.2, 0) is 9.53 Å². The molecule has 114 valence electrons. The second-order valence-corrected chi connectivity index (χ2v) is 5.43. The predicted octanol–water partition coefficient (Wildman–Crippen LogP) is 2.63. The van der Waals surface area contributed by atoms with E-state index < -0.39 is 16.7 Å². The zero-order chi connectivity index (χ0) is 15.7. The number of methoxy groups -OCH3 is 1. The van der Waals surface area contributed by atoms with Gasteiger partial charge in [0.2, 0.25) is 0 Å². The topological polar surface area (TPSA) is 72.7 Å². The van der Waals surface area contributed by atoms with Crippen LogP contribution in [0.1, 0.15) is 6.92 Å². The summed E-state index contributed by atoms with van der Waals surface area (Å²) in [4.78, 5) is 23.8. The molecule has 2 atom stereocenters. The Morgan fingerprint density at radius 2 is 2.19 bits per heavy atom. The van der Waals surface area contributed by atoms with Crippen molar-refractivity contribution in [2.24, 2.45) is 11.8 Å². The molecule has 2 unspecified atom stereocenters. The fourth-order valence-corrected chi connectivity index (χ4v) is 2.70. The molecule has 0 aromatic heterocycles. The van der Waals surface area contributed by atoms with Gasteiger partial charge in [-0.15, -0.1) is 0 Å². The molecule has 0 radical (unpaired) electrons. The van der Waals surface area contributed by atoms with Crippen molar-refractivity contribution in [2.75, 3.05) is 25.1 Å². The van der Waals surface area contributed by atoms with Crippen LogP contribution in [-0.4, -0.2) is 31.1 Å². The number of nitro groups is 1. The van der Waals surface area contributed by atoms with E-state index in [2.05, 4.69) is 0 Å². The van der Waals surface area contributed by atoms with E-state index in [4.69, 9.17) is 16.3 Å². The SMILES string of the molecule is COC(=O)C1CN(c2cc(F)c(Cl)cc2[N+](=O)[O-])CC1C. The number of esters is 1. The van der Waals surface area contributed by atoms with Crippen molar-refractivity contribution in [1.82, 2.24) is 0 Å². The van der Waals surface area contributed by atoms with Gasteiger partial charge in [0.15, 0.2) is 0 Å². The maximum absolute atomic E-state index is 13.6. The van der Waals surface area contributed by atoms with Crippen LogP contribution in [0, 0.1) is 27.8 Å². The Morgan fingerprint density at radius 1 is 1.52 bits per heavy atom. The van der Waals surface area contributed by atoms with Gasteiger partial charge in [-0.2, -0.15) is 0 Å². The maximum atomic E-state index is 13.6. The van der Waals surface area contributed by atoms with Gasteiger partial charge in [0.25, 0.3) is 5.69 Å². The third kappa shape index (κ3) is 2.92. The summed E-state index contributed by atoms with van der Waals surface area (Å²) in [7, 11) is 1.29. The van der Waals surface area contributed by atoms with E-state index in [0.717, 1.165) is 12.1 Å². The Kier molecular flexibility index (Phi) is 4.32. The number of benzene rings is 1. The fourth-order valence-electron chi connectivity index (χ4n) is 2.55. The molecule has 0 N–H and O–H groups in total. The minimum Gasteiger partial charge on any atom is -0.469 e. The van der Waals surface area contributed by atoms with Crippen LogP contribution in [0.3, 0.4) is 0 Å². The normalized spacial score (nSPS) is 21.4. The molecule has 1 aromatic carbocycles. The van der Waals surface area contributed by atoms with Crippen LogP contribution < -0.4 is 4.90 Å². The Balaban J connectivity index is 2.37. The van der Waals surface area contributed by atoms with Crippen molar-refractivity contribution in [3.63, 3.8) is 0 Å². The molecule has 1 saturated heterocycles. The predicted molar refractivity (Wildman–Crippen MR) is 74.9 cm³/mol. The van der Waals surface area contributed by atoms with Crippen LogP contribution in [0.4, 0.5) is 15.8 Å². The molecule has 2 rings (SSSR count).